The van der Waals surface area contributed by atoms with Crippen molar-refractivity contribution in [3.8, 4) is 22.6 Å². The highest BCUT2D eigenvalue weighted by Gasteiger charge is 2.40. The van der Waals surface area contributed by atoms with Gasteiger partial charge in [0.2, 0.25) is 18.1 Å². The van der Waals surface area contributed by atoms with Crippen LogP contribution in [0.25, 0.3) is 22.6 Å². The number of hydrogen-bond acceptors (Lipinski definition) is 7. The van der Waals surface area contributed by atoms with Crippen molar-refractivity contribution in [3.63, 3.8) is 0 Å². The van der Waals surface area contributed by atoms with Crippen LogP contribution in [0.2, 0.25) is 0 Å². The molecule has 40 heavy (non-hydrogen) atoms. The van der Waals surface area contributed by atoms with Crippen LogP contribution in [0.1, 0.15) is 37.4 Å². The second-order valence-corrected chi connectivity index (χ2v) is 10.5. The summed E-state index contributed by atoms with van der Waals surface area (Å²) in [7, 11) is 0. The van der Waals surface area contributed by atoms with Crippen LogP contribution in [0.15, 0.2) is 66.9 Å². The van der Waals surface area contributed by atoms with Crippen LogP contribution < -0.4 is 10.2 Å². The number of benzene rings is 2. The minimum atomic E-state index is -0.849. The molecule has 2 aromatic heterocycles. The summed E-state index contributed by atoms with van der Waals surface area (Å²) in [5.41, 5.74) is 2.81. The molecule has 2 aromatic carbocycles. The van der Waals surface area contributed by atoms with Crippen LogP contribution in [-0.2, 0) is 20.8 Å². The van der Waals surface area contributed by atoms with Gasteiger partial charge in [0.25, 0.3) is 0 Å². The molecule has 0 spiro atoms. The highest BCUT2D eigenvalue weighted by molar-refractivity contribution is 5.82. The van der Waals surface area contributed by atoms with Crippen molar-refractivity contribution in [1.29, 1.82) is 0 Å². The number of anilines is 1. The van der Waals surface area contributed by atoms with Crippen molar-refractivity contribution >= 4 is 11.9 Å². The van der Waals surface area contributed by atoms with Gasteiger partial charge in [-0.15, -0.1) is 0 Å². The van der Waals surface area contributed by atoms with Gasteiger partial charge in [-0.3, -0.25) is 4.79 Å². The molecule has 2 N–H and O–H groups in total. The third-order valence-corrected chi connectivity index (χ3v) is 7.30. The predicted octanol–water partition coefficient (Wildman–Crippen LogP) is 4.64. The number of carbonyl (C=O) groups is 1. The molecule has 10 heteroatoms. The Hall–Kier alpha value is -4.15. The molecule has 9 nitrogen and oxygen atoms in total. The number of imidazole rings is 1. The minimum absolute atomic E-state index is 0.141. The fourth-order valence-electron chi connectivity index (χ4n) is 4.95. The Bertz CT molecular complexity index is 1460. The van der Waals surface area contributed by atoms with Gasteiger partial charge in [-0.05, 0) is 55.7 Å². The average Bonchev–Trinajstić information content (AvgIpc) is 3.69. The topological polar surface area (TPSA) is 105 Å². The highest BCUT2D eigenvalue weighted by Crippen LogP contribution is 2.36. The number of hydrogen-bond donors (Lipinski definition) is 2. The first-order chi connectivity index (χ1) is 19.5. The van der Waals surface area contributed by atoms with Crippen molar-refractivity contribution in [2.45, 2.75) is 32.6 Å². The van der Waals surface area contributed by atoms with Crippen molar-refractivity contribution < 1.29 is 18.7 Å². The van der Waals surface area contributed by atoms with Crippen molar-refractivity contribution in [1.82, 2.24) is 25.3 Å². The Kier molecular flexibility index (Phi) is 7.27. The van der Waals surface area contributed by atoms with Crippen LogP contribution in [0.3, 0.4) is 0 Å². The van der Waals surface area contributed by atoms with Crippen molar-refractivity contribution in [2.75, 3.05) is 31.2 Å². The number of nitrogens with one attached hydrogen (secondary N) is 2. The van der Waals surface area contributed by atoms with Crippen LogP contribution in [0.5, 0.6) is 0 Å². The van der Waals surface area contributed by atoms with E-state index in [0.717, 1.165) is 37.1 Å². The summed E-state index contributed by atoms with van der Waals surface area (Å²) < 4.78 is 25.8. The first kappa shape index (κ1) is 26.1. The maximum Gasteiger partial charge on any atom is 0.230 e. The zero-order valence-corrected chi connectivity index (χ0v) is 22.3. The first-order valence-corrected chi connectivity index (χ1v) is 13.5. The minimum Gasteiger partial charge on any atom is -0.351 e. The van der Waals surface area contributed by atoms with Crippen LogP contribution in [0.4, 0.5) is 10.3 Å². The molecule has 0 atom stereocenters. The summed E-state index contributed by atoms with van der Waals surface area (Å²) in [6.07, 6.45) is 3.16. The molecule has 2 saturated heterocycles. The number of amides is 1. The monoisotopic (exact) mass is 542 g/mol. The summed E-state index contributed by atoms with van der Waals surface area (Å²) in [4.78, 5) is 32.6. The third kappa shape index (κ3) is 5.45. The summed E-state index contributed by atoms with van der Waals surface area (Å²) in [5, 5.41) is 2.98. The molecule has 0 radical (unpaired) electrons. The van der Waals surface area contributed by atoms with E-state index in [1.54, 1.807) is 18.3 Å². The molecule has 0 bridgehead atoms. The van der Waals surface area contributed by atoms with Gasteiger partial charge in [0.15, 0.2) is 5.82 Å². The summed E-state index contributed by atoms with van der Waals surface area (Å²) in [5.74, 6) is 0.640. The molecule has 4 heterocycles. The maximum atomic E-state index is 13.7. The number of halogens is 1. The molecule has 1 amide bonds. The van der Waals surface area contributed by atoms with Gasteiger partial charge < -0.3 is 24.7 Å². The number of aromatic amines is 1. The molecule has 2 aliphatic rings. The maximum absolute atomic E-state index is 13.7. The lowest BCUT2D eigenvalue weighted by Crippen LogP contribution is -2.48. The van der Waals surface area contributed by atoms with E-state index in [0.29, 0.717) is 35.4 Å². The van der Waals surface area contributed by atoms with E-state index >= 15 is 0 Å². The summed E-state index contributed by atoms with van der Waals surface area (Å²) >= 11 is 0. The van der Waals surface area contributed by atoms with E-state index in [1.165, 1.54) is 12.1 Å². The summed E-state index contributed by atoms with van der Waals surface area (Å²) in [6, 6.07) is 17.7. The Morgan fingerprint density at radius 2 is 1.77 bits per heavy atom. The standard InChI is InChI=1S/C30H31FN6O3/c1-30(28(38)33-17-20-7-3-2-4-8-20)18-39-27(40-19-30)26-35-24(21-9-11-22(31)12-10-21)25(36-26)23-13-14-32-29(34-23)37-15-5-6-16-37/h2-4,7-14,27H,5-6,15-19H2,1H3,(H,33,38)(H,35,36). The Morgan fingerprint density at radius 3 is 2.50 bits per heavy atom. The second kappa shape index (κ2) is 11.1. The van der Waals surface area contributed by atoms with Gasteiger partial charge >= 0.3 is 0 Å². The third-order valence-electron chi connectivity index (χ3n) is 7.30. The normalized spacial score (nSPS) is 20.9. The number of rotatable bonds is 7. The Morgan fingerprint density at radius 1 is 1.05 bits per heavy atom. The predicted molar refractivity (Wildman–Crippen MR) is 147 cm³/mol. The lowest BCUT2D eigenvalue weighted by Gasteiger charge is -2.35. The van der Waals surface area contributed by atoms with E-state index < -0.39 is 11.7 Å². The molecule has 4 aromatic rings. The average molecular weight is 543 g/mol. The van der Waals surface area contributed by atoms with Gasteiger partial charge in [-0.1, -0.05) is 30.3 Å². The van der Waals surface area contributed by atoms with Crippen molar-refractivity contribution in [2.24, 2.45) is 5.41 Å². The molecule has 6 rings (SSSR count). The number of H-pyrrole nitrogens is 1. The molecule has 2 aliphatic heterocycles. The number of aromatic nitrogens is 4. The lowest BCUT2D eigenvalue weighted by atomic mass is 9.91. The van der Waals surface area contributed by atoms with Gasteiger partial charge in [0, 0.05) is 31.4 Å². The zero-order chi connectivity index (χ0) is 27.5. The van der Waals surface area contributed by atoms with E-state index in [9.17, 15) is 9.18 Å². The van der Waals surface area contributed by atoms with Gasteiger partial charge in [0.1, 0.15) is 5.82 Å². The Labute approximate surface area is 231 Å². The van der Waals surface area contributed by atoms with E-state index in [2.05, 4.69) is 20.2 Å². The smallest absolute Gasteiger partial charge is 0.230 e. The number of nitrogens with zero attached hydrogens (tertiary/aromatic N) is 4. The van der Waals surface area contributed by atoms with Gasteiger partial charge in [-0.2, -0.15) is 0 Å². The SMILES string of the molecule is CC1(C(=O)NCc2ccccc2)COC(c2nc(-c3ccc(F)cc3)c(-c3ccnc(N4CCCC4)n3)[nH]2)OC1. The fraction of sp³-hybridized carbons (Fsp3) is 0.333. The molecule has 0 aliphatic carbocycles. The molecule has 0 unspecified atom stereocenters. The fourth-order valence-corrected chi connectivity index (χ4v) is 4.95. The zero-order valence-electron chi connectivity index (χ0n) is 22.3. The largest absolute Gasteiger partial charge is 0.351 e. The summed E-state index contributed by atoms with van der Waals surface area (Å²) in [6.45, 7) is 4.41. The van der Waals surface area contributed by atoms with E-state index in [1.807, 2.05) is 43.3 Å². The quantitative estimate of drug-likeness (QED) is 0.351. The number of ether oxygens (including phenoxy) is 2. The van der Waals surface area contributed by atoms with Gasteiger partial charge in [-0.25, -0.2) is 19.3 Å². The molecular formula is C30H31FN6O3. The van der Waals surface area contributed by atoms with Crippen LogP contribution in [-0.4, -0.2) is 52.1 Å². The van der Waals surface area contributed by atoms with E-state index in [-0.39, 0.29) is 24.9 Å². The molecule has 206 valence electrons. The first-order valence-electron chi connectivity index (χ1n) is 13.5. The number of carbonyl (C=O) groups excluding carboxylic acids is 1. The molecule has 2 fully saturated rings. The van der Waals surface area contributed by atoms with E-state index in [4.69, 9.17) is 19.4 Å². The van der Waals surface area contributed by atoms with Gasteiger partial charge in [0.05, 0.1) is 35.7 Å². The lowest BCUT2D eigenvalue weighted by molar-refractivity contribution is -0.231. The van der Waals surface area contributed by atoms with Crippen molar-refractivity contribution in [3.05, 3.63) is 84.1 Å². The second-order valence-electron chi connectivity index (χ2n) is 10.5. The molecule has 0 saturated carbocycles. The molecular weight excluding hydrogens is 511 g/mol. The Balaban J connectivity index is 1.23. The highest BCUT2D eigenvalue weighted by atomic mass is 19.1. The van der Waals surface area contributed by atoms with Crippen LogP contribution in [0, 0.1) is 11.2 Å². The van der Waals surface area contributed by atoms with Crippen LogP contribution >= 0.6 is 0 Å².